The van der Waals surface area contributed by atoms with Gasteiger partial charge in [-0.15, -0.1) is 0 Å². The number of non-ortho nitro benzene ring substituents is 1. The van der Waals surface area contributed by atoms with Crippen LogP contribution in [0.4, 0.5) is 11.4 Å². The molecular formula is C32H25BrN4O7. The molecule has 0 unspecified atom stereocenters. The predicted octanol–water partition coefficient (Wildman–Crippen LogP) is 6.39. The van der Waals surface area contributed by atoms with E-state index in [4.69, 9.17) is 9.47 Å². The Morgan fingerprint density at radius 3 is 2.41 bits per heavy atom. The minimum absolute atomic E-state index is 0.0952. The molecular weight excluding hydrogens is 632 g/mol. The average molecular weight is 657 g/mol. The van der Waals surface area contributed by atoms with Crippen LogP contribution in [0.2, 0.25) is 0 Å². The molecule has 0 heterocycles. The van der Waals surface area contributed by atoms with Gasteiger partial charge in [-0.05, 0) is 84.8 Å². The normalized spacial score (nSPS) is 10.9. The van der Waals surface area contributed by atoms with Crippen LogP contribution in [0.5, 0.6) is 11.5 Å². The van der Waals surface area contributed by atoms with Gasteiger partial charge in [-0.25, -0.2) is 10.2 Å². The molecule has 4 aromatic rings. The first kappa shape index (κ1) is 31.3. The van der Waals surface area contributed by atoms with E-state index in [0.29, 0.717) is 29.0 Å². The molecule has 0 aromatic heterocycles. The number of nitro groups is 1. The van der Waals surface area contributed by atoms with Crippen molar-refractivity contribution in [1.29, 1.82) is 0 Å². The van der Waals surface area contributed by atoms with E-state index in [9.17, 15) is 24.5 Å². The van der Waals surface area contributed by atoms with Gasteiger partial charge in [0.15, 0.2) is 11.5 Å². The number of anilines is 1. The monoisotopic (exact) mass is 656 g/mol. The number of benzene rings is 4. The summed E-state index contributed by atoms with van der Waals surface area (Å²) < 4.78 is 11.8. The van der Waals surface area contributed by atoms with Crippen molar-refractivity contribution in [2.24, 2.45) is 5.10 Å². The summed E-state index contributed by atoms with van der Waals surface area (Å²) in [6.07, 6.45) is 3.96. The van der Waals surface area contributed by atoms with E-state index in [1.807, 2.05) is 0 Å². The number of hydrogen-bond donors (Lipinski definition) is 2. The molecule has 0 spiro atoms. The van der Waals surface area contributed by atoms with Crippen molar-refractivity contribution in [3.05, 3.63) is 134 Å². The second kappa shape index (κ2) is 15.0. The fourth-order valence-corrected chi connectivity index (χ4v) is 4.04. The summed E-state index contributed by atoms with van der Waals surface area (Å²) in [4.78, 5) is 48.0. The van der Waals surface area contributed by atoms with E-state index >= 15 is 0 Å². The number of nitro benzene ring substituents is 1. The lowest BCUT2D eigenvalue weighted by atomic mass is 10.1. The molecule has 0 bridgehead atoms. The van der Waals surface area contributed by atoms with Gasteiger partial charge in [-0.1, -0.05) is 34.1 Å². The summed E-state index contributed by atoms with van der Waals surface area (Å²) in [6.45, 7) is 2.06. The van der Waals surface area contributed by atoms with Gasteiger partial charge in [0.25, 0.3) is 17.5 Å². The first-order valence-electron chi connectivity index (χ1n) is 13.1. The summed E-state index contributed by atoms with van der Waals surface area (Å²) in [5, 5.41) is 17.7. The van der Waals surface area contributed by atoms with Crippen molar-refractivity contribution < 1.29 is 28.8 Å². The van der Waals surface area contributed by atoms with Gasteiger partial charge in [-0.3, -0.25) is 19.7 Å². The van der Waals surface area contributed by atoms with E-state index in [0.717, 1.165) is 10.5 Å². The fourth-order valence-electron chi connectivity index (χ4n) is 3.78. The van der Waals surface area contributed by atoms with E-state index in [-0.39, 0.29) is 28.7 Å². The van der Waals surface area contributed by atoms with Crippen molar-refractivity contribution in [1.82, 2.24) is 5.43 Å². The quantitative estimate of drug-likeness (QED) is 0.0474. The molecule has 222 valence electrons. The molecule has 2 amide bonds. The summed E-state index contributed by atoms with van der Waals surface area (Å²) in [6, 6.07) is 23.9. The highest BCUT2D eigenvalue weighted by Crippen LogP contribution is 2.28. The van der Waals surface area contributed by atoms with Crippen molar-refractivity contribution in [3.63, 3.8) is 0 Å². The van der Waals surface area contributed by atoms with Gasteiger partial charge < -0.3 is 14.8 Å². The molecule has 12 heteroatoms. The van der Waals surface area contributed by atoms with Gasteiger partial charge in [0.05, 0.1) is 17.7 Å². The number of carbonyl (C=O) groups is 3. The van der Waals surface area contributed by atoms with Crippen LogP contribution >= 0.6 is 15.9 Å². The number of ether oxygens (including phenoxy) is 2. The molecule has 0 radical (unpaired) electrons. The number of hydrazone groups is 1. The molecule has 11 nitrogen and oxygen atoms in total. The van der Waals surface area contributed by atoms with E-state index in [1.165, 1.54) is 42.6 Å². The van der Waals surface area contributed by atoms with Crippen molar-refractivity contribution in [2.45, 2.75) is 6.92 Å². The Bertz CT molecular complexity index is 1750. The molecule has 0 saturated carbocycles. The Morgan fingerprint density at radius 2 is 1.66 bits per heavy atom. The van der Waals surface area contributed by atoms with E-state index in [2.05, 4.69) is 31.8 Å². The number of rotatable bonds is 11. The summed E-state index contributed by atoms with van der Waals surface area (Å²) >= 11 is 3.33. The Labute approximate surface area is 260 Å². The van der Waals surface area contributed by atoms with Gasteiger partial charge >= 0.3 is 5.97 Å². The molecule has 0 saturated heterocycles. The maximum Gasteiger partial charge on any atom is 0.336 e. The van der Waals surface area contributed by atoms with Crippen LogP contribution in [0.1, 0.15) is 38.8 Å². The number of amides is 2. The number of carbonyl (C=O) groups excluding carboxylic acids is 3. The molecule has 0 aliphatic rings. The van der Waals surface area contributed by atoms with Crippen LogP contribution in [-0.4, -0.2) is 35.5 Å². The second-order valence-corrected chi connectivity index (χ2v) is 9.90. The van der Waals surface area contributed by atoms with Crippen LogP contribution in [0, 0.1) is 10.1 Å². The number of esters is 1. The molecule has 4 rings (SSSR count). The van der Waals surface area contributed by atoms with Crippen molar-refractivity contribution >= 4 is 57.4 Å². The Kier molecular flexibility index (Phi) is 10.7. The predicted molar refractivity (Wildman–Crippen MR) is 169 cm³/mol. The molecule has 44 heavy (non-hydrogen) atoms. The lowest BCUT2D eigenvalue weighted by molar-refractivity contribution is -0.384. The van der Waals surface area contributed by atoms with Gasteiger partial charge in [0, 0.05) is 39.5 Å². The van der Waals surface area contributed by atoms with E-state index in [1.54, 1.807) is 67.6 Å². The third-order valence-electron chi connectivity index (χ3n) is 5.84. The van der Waals surface area contributed by atoms with Crippen LogP contribution in [0.15, 0.2) is 107 Å². The topological polar surface area (TPSA) is 149 Å². The molecule has 4 aromatic carbocycles. The first-order valence-corrected chi connectivity index (χ1v) is 13.9. The summed E-state index contributed by atoms with van der Waals surface area (Å²) in [5.74, 6) is -1.09. The molecule has 0 aliphatic carbocycles. The average Bonchev–Trinajstić information content (AvgIpc) is 3.02. The zero-order chi connectivity index (χ0) is 31.5. The van der Waals surface area contributed by atoms with Gasteiger partial charge in [0.2, 0.25) is 0 Å². The molecule has 0 aliphatic heterocycles. The van der Waals surface area contributed by atoms with Crippen LogP contribution in [0.25, 0.3) is 6.08 Å². The first-order chi connectivity index (χ1) is 21.2. The van der Waals surface area contributed by atoms with Gasteiger partial charge in [-0.2, -0.15) is 5.10 Å². The summed E-state index contributed by atoms with van der Waals surface area (Å²) in [7, 11) is 0. The van der Waals surface area contributed by atoms with Crippen LogP contribution < -0.4 is 20.2 Å². The summed E-state index contributed by atoms with van der Waals surface area (Å²) in [5.41, 5.74) is 4.56. The van der Waals surface area contributed by atoms with Crippen molar-refractivity contribution in [2.75, 3.05) is 11.9 Å². The standard InChI is InChI=1S/C32H25BrN4O7/c1-2-43-29-18-22(9-15-28(29)44-30(38)16-10-21-5-3-8-27(17-21)37(41)42)20-34-36-32(40)24-6-4-7-26(19-24)35-31(39)23-11-13-25(33)14-12-23/h3-20H,2H2,1H3,(H,35,39)(H,36,40)/b16-10+,34-20?. The lowest BCUT2D eigenvalue weighted by Crippen LogP contribution is -2.18. The van der Waals surface area contributed by atoms with Gasteiger partial charge in [0.1, 0.15) is 0 Å². The van der Waals surface area contributed by atoms with Crippen LogP contribution in [-0.2, 0) is 4.79 Å². The Balaban J connectivity index is 1.37. The smallest absolute Gasteiger partial charge is 0.336 e. The minimum Gasteiger partial charge on any atom is -0.490 e. The maximum atomic E-state index is 12.7. The fraction of sp³-hybridized carbons (Fsp3) is 0.0625. The Morgan fingerprint density at radius 1 is 0.886 bits per heavy atom. The highest BCUT2D eigenvalue weighted by molar-refractivity contribution is 9.10. The molecule has 0 atom stereocenters. The molecule has 0 fully saturated rings. The number of nitrogens with zero attached hydrogens (tertiary/aromatic N) is 2. The SMILES string of the molecule is CCOc1cc(C=NNC(=O)c2cccc(NC(=O)c3ccc(Br)cc3)c2)ccc1OC(=O)/C=C/c1cccc([N+](=O)[O-])c1. The minimum atomic E-state index is -0.707. The zero-order valence-corrected chi connectivity index (χ0v) is 24.8. The largest absolute Gasteiger partial charge is 0.490 e. The lowest BCUT2D eigenvalue weighted by Gasteiger charge is -2.10. The maximum absolute atomic E-state index is 12.7. The third kappa shape index (κ3) is 8.94. The molecule has 2 N–H and O–H groups in total. The van der Waals surface area contributed by atoms with E-state index < -0.39 is 16.8 Å². The number of hydrogen-bond acceptors (Lipinski definition) is 8. The second-order valence-electron chi connectivity index (χ2n) is 8.99. The number of nitrogens with one attached hydrogen (secondary N) is 2. The third-order valence-corrected chi connectivity index (χ3v) is 6.37. The zero-order valence-electron chi connectivity index (χ0n) is 23.2. The Hall–Kier alpha value is -5.62. The van der Waals surface area contributed by atoms with Crippen LogP contribution in [0.3, 0.4) is 0 Å². The number of halogens is 1. The highest BCUT2D eigenvalue weighted by atomic mass is 79.9. The van der Waals surface area contributed by atoms with Crippen molar-refractivity contribution in [3.8, 4) is 11.5 Å². The highest BCUT2D eigenvalue weighted by Gasteiger charge is 2.12.